The zero-order chi connectivity index (χ0) is 21.5. The molecule has 1 fully saturated rings. The topological polar surface area (TPSA) is 102 Å². The molecule has 0 aliphatic carbocycles. The first-order valence-electron chi connectivity index (χ1n) is 9.07. The van der Waals surface area contributed by atoms with E-state index in [-0.39, 0.29) is 36.5 Å². The molecule has 0 bridgehead atoms. The summed E-state index contributed by atoms with van der Waals surface area (Å²) >= 11 is 2.96. The van der Waals surface area contributed by atoms with Crippen molar-refractivity contribution >= 4 is 33.6 Å². The van der Waals surface area contributed by atoms with Crippen molar-refractivity contribution in [3.8, 4) is 5.75 Å². The Hall–Kier alpha value is -2.43. The van der Waals surface area contributed by atoms with Crippen LogP contribution in [-0.2, 0) is 4.74 Å². The van der Waals surface area contributed by atoms with E-state index >= 15 is 0 Å². The van der Waals surface area contributed by atoms with Crippen molar-refractivity contribution in [3.63, 3.8) is 0 Å². The second-order valence-electron chi connectivity index (χ2n) is 7.87. The monoisotopic (exact) mass is 473 g/mol. The van der Waals surface area contributed by atoms with Gasteiger partial charge in [0.1, 0.15) is 21.4 Å². The minimum Gasteiger partial charge on any atom is -0.493 e. The van der Waals surface area contributed by atoms with Gasteiger partial charge in [0, 0.05) is 32.1 Å². The molecule has 0 aromatic heterocycles. The number of amides is 2. The van der Waals surface area contributed by atoms with Gasteiger partial charge in [0.25, 0.3) is 5.91 Å². The number of carbonyl (C=O) groups excluding carboxylic acids is 2. The Morgan fingerprint density at radius 1 is 1.41 bits per heavy atom. The first-order chi connectivity index (χ1) is 13.5. The molecule has 2 aliphatic rings. The predicted octanol–water partition coefficient (Wildman–Crippen LogP) is 3.34. The van der Waals surface area contributed by atoms with Crippen LogP contribution in [0.1, 0.15) is 37.6 Å². The van der Waals surface area contributed by atoms with E-state index in [9.17, 15) is 24.1 Å². The van der Waals surface area contributed by atoms with Crippen LogP contribution < -0.4 is 4.74 Å². The number of nitro benzene ring substituents is 1. The Morgan fingerprint density at radius 2 is 2.10 bits per heavy atom. The van der Waals surface area contributed by atoms with Crippen molar-refractivity contribution in [3.05, 3.63) is 32.0 Å². The van der Waals surface area contributed by atoms with Crippen molar-refractivity contribution < 1.29 is 28.4 Å². The highest BCUT2D eigenvalue weighted by atomic mass is 79.9. The second-order valence-corrected chi connectivity index (χ2v) is 8.72. The van der Waals surface area contributed by atoms with Crippen LogP contribution in [0.15, 0.2) is 10.5 Å². The van der Waals surface area contributed by atoms with E-state index in [1.165, 1.54) is 15.9 Å². The Kier molecular flexibility index (Phi) is 5.70. The maximum atomic E-state index is 14.9. The quantitative estimate of drug-likeness (QED) is 0.457. The molecule has 158 valence electrons. The summed E-state index contributed by atoms with van der Waals surface area (Å²) in [5, 5.41) is 11.2. The number of hydrogen-bond donors (Lipinski definition) is 0. The van der Waals surface area contributed by atoms with E-state index in [1.807, 2.05) is 0 Å². The van der Waals surface area contributed by atoms with Crippen LogP contribution in [0.4, 0.5) is 14.9 Å². The largest absolute Gasteiger partial charge is 0.493 e. The molecule has 11 heteroatoms. The average Bonchev–Trinajstić information content (AvgIpc) is 2.58. The van der Waals surface area contributed by atoms with Gasteiger partial charge in [0.2, 0.25) is 5.82 Å². The summed E-state index contributed by atoms with van der Waals surface area (Å²) in [7, 11) is 0. The Labute approximate surface area is 175 Å². The minimum atomic E-state index is -1.24. The molecule has 2 aliphatic heterocycles. The number of hydrogen-bond acceptors (Lipinski definition) is 6. The maximum absolute atomic E-state index is 14.9. The zero-order valence-electron chi connectivity index (χ0n) is 16.2. The standard InChI is InChI=1S/C18H21BrFN3O6/c1-18(2,3)29-17(25)21-5-6-22-10(9-21)4-7-28-12-8-11(19)15(23(26)27)14(20)13(12)16(22)24/h8,10H,4-7,9H2,1-3H3/t10-/m1/s1. The highest BCUT2D eigenvalue weighted by molar-refractivity contribution is 9.10. The summed E-state index contributed by atoms with van der Waals surface area (Å²) in [4.78, 5) is 38.7. The van der Waals surface area contributed by atoms with Crippen molar-refractivity contribution in [1.29, 1.82) is 0 Å². The Bertz CT molecular complexity index is 872. The SMILES string of the molecule is CC(C)(C)OC(=O)N1CCN2C(=O)c3c(cc(Br)c([N+](=O)[O-])c3F)OCC[C@@H]2C1. The number of piperazine rings is 1. The Balaban J connectivity index is 1.89. The first-order valence-corrected chi connectivity index (χ1v) is 9.87. The van der Waals surface area contributed by atoms with E-state index in [0.29, 0.717) is 6.42 Å². The van der Waals surface area contributed by atoms with E-state index in [4.69, 9.17) is 9.47 Å². The number of nitro groups is 1. The molecule has 3 rings (SSSR count). The van der Waals surface area contributed by atoms with Gasteiger partial charge in [0.05, 0.1) is 17.6 Å². The van der Waals surface area contributed by atoms with Gasteiger partial charge in [0.15, 0.2) is 0 Å². The first kappa shape index (κ1) is 21.3. The van der Waals surface area contributed by atoms with Gasteiger partial charge >= 0.3 is 11.8 Å². The highest BCUT2D eigenvalue weighted by Gasteiger charge is 2.40. The van der Waals surface area contributed by atoms with Gasteiger partial charge in [-0.25, -0.2) is 4.79 Å². The van der Waals surface area contributed by atoms with Crippen LogP contribution >= 0.6 is 15.9 Å². The number of ether oxygens (including phenoxy) is 2. The molecule has 0 unspecified atom stereocenters. The van der Waals surface area contributed by atoms with Gasteiger partial charge in [-0.15, -0.1) is 0 Å². The summed E-state index contributed by atoms with van der Waals surface area (Å²) in [6, 6.07) is 0.824. The number of fused-ring (bicyclic) bond motifs is 2. The van der Waals surface area contributed by atoms with Crippen molar-refractivity contribution in [1.82, 2.24) is 9.80 Å². The highest BCUT2D eigenvalue weighted by Crippen LogP contribution is 2.38. The third-order valence-electron chi connectivity index (χ3n) is 4.66. The molecule has 1 saturated heterocycles. The normalized spacial score (nSPS) is 19.5. The fourth-order valence-electron chi connectivity index (χ4n) is 3.38. The summed E-state index contributed by atoms with van der Waals surface area (Å²) in [5.41, 5.74) is -1.93. The molecule has 1 aromatic rings. The van der Waals surface area contributed by atoms with E-state index in [2.05, 4.69) is 15.9 Å². The molecule has 0 N–H and O–H groups in total. The fraction of sp³-hybridized carbons (Fsp3) is 0.556. The lowest BCUT2D eigenvalue weighted by atomic mass is 10.0. The van der Waals surface area contributed by atoms with Gasteiger partial charge < -0.3 is 19.3 Å². The van der Waals surface area contributed by atoms with Crippen molar-refractivity contribution in [2.24, 2.45) is 0 Å². The summed E-state index contributed by atoms with van der Waals surface area (Å²) < 4.78 is 25.7. The number of benzene rings is 1. The lowest BCUT2D eigenvalue weighted by molar-refractivity contribution is -0.388. The second kappa shape index (κ2) is 7.77. The minimum absolute atomic E-state index is 0.0435. The summed E-state index contributed by atoms with van der Waals surface area (Å²) in [6.07, 6.45) is -0.0699. The molecule has 0 radical (unpaired) electrons. The van der Waals surface area contributed by atoms with Crippen LogP contribution in [0.25, 0.3) is 0 Å². The van der Waals surface area contributed by atoms with Crippen LogP contribution in [-0.4, -0.2) is 64.6 Å². The van der Waals surface area contributed by atoms with Crippen molar-refractivity contribution in [2.75, 3.05) is 26.2 Å². The number of carbonyl (C=O) groups is 2. The fourth-order valence-corrected chi connectivity index (χ4v) is 3.90. The van der Waals surface area contributed by atoms with Crippen LogP contribution in [0.3, 0.4) is 0 Å². The van der Waals surface area contributed by atoms with Crippen LogP contribution in [0, 0.1) is 15.9 Å². The predicted molar refractivity (Wildman–Crippen MR) is 103 cm³/mol. The van der Waals surface area contributed by atoms with E-state index in [1.54, 1.807) is 20.8 Å². The lowest BCUT2D eigenvalue weighted by Gasteiger charge is -2.42. The van der Waals surface area contributed by atoms with Crippen molar-refractivity contribution in [2.45, 2.75) is 38.8 Å². The smallest absolute Gasteiger partial charge is 0.410 e. The molecule has 0 saturated carbocycles. The third kappa shape index (κ3) is 4.29. The van der Waals surface area contributed by atoms with Gasteiger partial charge in [-0.05, 0) is 36.7 Å². The molecule has 1 aromatic carbocycles. The molecule has 0 spiro atoms. The summed E-state index contributed by atoms with van der Waals surface area (Å²) in [6.45, 7) is 6.03. The number of halogens is 2. The molecule has 9 nitrogen and oxygen atoms in total. The van der Waals surface area contributed by atoms with Gasteiger partial charge in [-0.2, -0.15) is 4.39 Å². The van der Waals surface area contributed by atoms with E-state index in [0.717, 1.165) is 0 Å². The third-order valence-corrected chi connectivity index (χ3v) is 5.26. The molecule has 1 atom stereocenters. The molecule has 2 heterocycles. The van der Waals surface area contributed by atoms with Crippen LogP contribution in [0.2, 0.25) is 0 Å². The van der Waals surface area contributed by atoms with Gasteiger partial charge in [-0.3, -0.25) is 14.9 Å². The maximum Gasteiger partial charge on any atom is 0.410 e. The van der Waals surface area contributed by atoms with Gasteiger partial charge in [-0.1, -0.05) is 0 Å². The Morgan fingerprint density at radius 3 is 2.72 bits per heavy atom. The number of nitrogens with zero attached hydrogens (tertiary/aromatic N) is 3. The molecule has 29 heavy (non-hydrogen) atoms. The lowest BCUT2D eigenvalue weighted by Crippen LogP contribution is -2.58. The average molecular weight is 474 g/mol. The molecular weight excluding hydrogens is 453 g/mol. The van der Waals surface area contributed by atoms with Crippen LogP contribution in [0.5, 0.6) is 5.75 Å². The molecular formula is C18H21BrFN3O6. The molecule has 2 amide bonds. The zero-order valence-corrected chi connectivity index (χ0v) is 17.8. The van der Waals surface area contributed by atoms with E-state index < -0.39 is 45.6 Å². The number of rotatable bonds is 1. The summed E-state index contributed by atoms with van der Waals surface area (Å²) in [5.74, 6) is -1.97.